The molecule has 0 saturated carbocycles. The molecule has 3 aromatic carbocycles. The smallest absolute Gasteiger partial charge is 0.421 e. The molecule has 0 aliphatic rings. The van der Waals surface area contributed by atoms with E-state index in [2.05, 4.69) is 9.72 Å². The van der Waals surface area contributed by atoms with Gasteiger partial charge in [0.15, 0.2) is 5.16 Å². The molecule has 4 rings (SSSR count). The van der Waals surface area contributed by atoms with E-state index in [1.807, 2.05) is 19.9 Å². The number of carbonyl (C=O) groups is 1. The lowest BCUT2D eigenvalue weighted by Crippen LogP contribution is -2.31. The van der Waals surface area contributed by atoms with Gasteiger partial charge in [0.1, 0.15) is 23.2 Å². The summed E-state index contributed by atoms with van der Waals surface area (Å²) in [6.45, 7) is 5.27. The first-order valence-corrected chi connectivity index (χ1v) is 15.6. The van der Waals surface area contributed by atoms with Crippen molar-refractivity contribution in [1.82, 2.24) is 14.3 Å². The normalized spacial score (nSPS) is 11.8. The Bertz CT molecular complexity index is 1740. The van der Waals surface area contributed by atoms with Crippen molar-refractivity contribution in [2.45, 2.75) is 42.0 Å². The lowest BCUT2D eigenvalue weighted by atomic mass is 9.81. The first kappa shape index (κ1) is 32.2. The van der Waals surface area contributed by atoms with Gasteiger partial charge in [-0.05, 0) is 61.0 Å². The maximum atomic E-state index is 15.1. The van der Waals surface area contributed by atoms with Crippen molar-refractivity contribution in [3.05, 3.63) is 100 Å². The molecule has 1 aromatic heterocycles. The number of nitrogens with zero attached hydrogens (tertiary/aromatic N) is 2. The minimum Gasteiger partial charge on any atom is -0.495 e. The number of amides is 1. The molecular formula is C29H27ClF3N3O5S2. The van der Waals surface area contributed by atoms with Crippen LogP contribution in [0.3, 0.4) is 0 Å². The largest absolute Gasteiger partial charge is 0.495 e. The van der Waals surface area contributed by atoms with Crippen molar-refractivity contribution in [1.29, 1.82) is 0 Å². The number of sulfonamides is 1. The Morgan fingerprint density at radius 1 is 1.07 bits per heavy atom. The lowest BCUT2D eigenvalue weighted by Gasteiger charge is -2.28. The zero-order chi connectivity index (χ0) is 31.5. The topological polar surface area (TPSA) is 99.5 Å². The predicted octanol–water partition coefficient (Wildman–Crippen LogP) is 7.00. The zero-order valence-electron chi connectivity index (χ0n) is 23.5. The van der Waals surface area contributed by atoms with Crippen LogP contribution in [0, 0.1) is 17.5 Å². The second-order valence-corrected chi connectivity index (χ2v) is 12.7. The summed E-state index contributed by atoms with van der Waals surface area (Å²) in [5.41, 5.74) is 0.961. The molecule has 0 radical (unpaired) electrons. The van der Waals surface area contributed by atoms with Gasteiger partial charge in [-0.3, -0.25) is 4.57 Å². The Balaban J connectivity index is 1.71. The Morgan fingerprint density at radius 3 is 2.33 bits per heavy atom. The van der Waals surface area contributed by atoms with Crippen LogP contribution in [0.2, 0.25) is 5.02 Å². The van der Waals surface area contributed by atoms with Crippen LogP contribution >= 0.6 is 23.4 Å². The van der Waals surface area contributed by atoms with Gasteiger partial charge in [0, 0.05) is 22.4 Å². The van der Waals surface area contributed by atoms with Gasteiger partial charge >= 0.3 is 6.09 Å². The minimum absolute atomic E-state index is 0.0965. The number of hydrogen-bond donors (Lipinski definition) is 1. The highest BCUT2D eigenvalue weighted by molar-refractivity contribution is 7.98. The van der Waals surface area contributed by atoms with Gasteiger partial charge in [-0.2, -0.15) is 0 Å². The molecule has 228 valence electrons. The van der Waals surface area contributed by atoms with E-state index in [0.29, 0.717) is 39.4 Å². The molecule has 1 heterocycles. The first-order chi connectivity index (χ1) is 20.3. The molecule has 0 aliphatic heterocycles. The van der Waals surface area contributed by atoms with E-state index in [1.165, 1.54) is 26.2 Å². The molecule has 0 fully saturated rings. The summed E-state index contributed by atoms with van der Waals surface area (Å²) >= 11 is 7.23. The molecule has 43 heavy (non-hydrogen) atoms. The second kappa shape index (κ2) is 12.9. The van der Waals surface area contributed by atoms with E-state index in [-0.39, 0.29) is 12.4 Å². The van der Waals surface area contributed by atoms with E-state index >= 15 is 8.78 Å². The van der Waals surface area contributed by atoms with Gasteiger partial charge in [0.05, 0.1) is 35.5 Å². The van der Waals surface area contributed by atoms with Crippen LogP contribution in [0.15, 0.2) is 70.8 Å². The number of carbonyl (C=O) groups excluding carboxylic acids is 1. The predicted molar refractivity (Wildman–Crippen MR) is 157 cm³/mol. The number of rotatable bonds is 10. The lowest BCUT2D eigenvalue weighted by molar-refractivity contribution is 0.158. The fraction of sp³-hybridized carbons (Fsp3) is 0.241. The van der Waals surface area contributed by atoms with E-state index in [1.54, 1.807) is 39.8 Å². The SMILES string of the molecule is CCOC(=O)NS(=O)(=O)c1cc(F)c(CSc2ncc(C(C)(C)c3ccc(Cl)c(OC)c3)n2-c2ccc(F)cc2)c(F)c1. The fourth-order valence-corrected chi connectivity index (χ4v) is 6.37. The molecule has 0 atom stereocenters. The van der Waals surface area contributed by atoms with E-state index in [0.717, 1.165) is 17.3 Å². The summed E-state index contributed by atoms with van der Waals surface area (Å²) in [5, 5.41) is 0.778. The third kappa shape index (κ3) is 6.94. The number of thioether (sulfide) groups is 1. The van der Waals surface area contributed by atoms with Crippen LogP contribution in [0.25, 0.3) is 5.69 Å². The van der Waals surface area contributed by atoms with E-state index < -0.39 is 49.4 Å². The Kier molecular flexibility index (Phi) is 9.67. The van der Waals surface area contributed by atoms with Crippen molar-refractivity contribution in [3.63, 3.8) is 0 Å². The summed E-state index contributed by atoms with van der Waals surface area (Å²) in [4.78, 5) is 15.3. The van der Waals surface area contributed by atoms with Gasteiger partial charge in [-0.25, -0.2) is 36.1 Å². The summed E-state index contributed by atoms with van der Waals surface area (Å²) in [5.74, 6) is -2.51. The van der Waals surface area contributed by atoms with Crippen LogP contribution in [0.4, 0.5) is 18.0 Å². The van der Waals surface area contributed by atoms with Crippen LogP contribution in [-0.2, 0) is 25.9 Å². The monoisotopic (exact) mass is 653 g/mol. The molecule has 4 aromatic rings. The molecular weight excluding hydrogens is 627 g/mol. The highest BCUT2D eigenvalue weighted by Crippen LogP contribution is 2.39. The van der Waals surface area contributed by atoms with Crippen molar-refractivity contribution < 1.29 is 35.9 Å². The maximum Gasteiger partial charge on any atom is 0.421 e. The average Bonchev–Trinajstić information content (AvgIpc) is 3.37. The highest BCUT2D eigenvalue weighted by atomic mass is 35.5. The Morgan fingerprint density at radius 2 is 1.72 bits per heavy atom. The molecule has 8 nitrogen and oxygen atoms in total. The number of aromatic nitrogens is 2. The van der Waals surface area contributed by atoms with Gasteiger partial charge in [-0.15, -0.1) is 0 Å². The molecule has 1 amide bonds. The quantitative estimate of drug-likeness (QED) is 0.184. The van der Waals surface area contributed by atoms with Gasteiger partial charge in [-0.1, -0.05) is 43.3 Å². The van der Waals surface area contributed by atoms with Crippen LogP contribution in [-0.4, -0.2) is 37.8 Å². The number of halogens is 4. The number of benzene rings is 3. The molecule has 0 bridgehead atoms. The molecule has 14 heteroatoms. The molecule has 0 aliphatic carbocycles. The van der Waals surface area contributed by atoms with Crippen molar-refractivity contribution >= 4 is 39.5 Å². The fourth-order valence-electron chi connectivity index (χ4n) is 4.25. The van der Waals surface area contributed by atoms with Crippen molar-refractivity contribution in [2.75, 3.05) is 13.7 Å². The summed E-state index contributed by atoms with van der Waals surface area (Å²) < 4.78 is 82.0. The number of ether oxygens (including phenoxy) is 2. The van der Waals surface area contributed by atoms with Crippen molar-refractivity contribution in [2.24, 2.45) is 0 Å². The Hall–Kier alpha value is -3.68. The number of imidazole rings is 1. The Labute approximate surface area is 256 Å². The van der Waals surface area contributed by atoms with E-state index in [9.17, 15) is 17.6 Å². The molecule has 1 N–H and O–H groups in total. The van der Waals surface area contributed by atoms with Gasteiger partial charge in [0.25, 0.3) is 10.0 Å². The highest BCUT2D eigenvalue weighted by Gasteiger charge is 2.31. The zero-order valence-corrected chi connectivity index (χ0v) is 25.8. The molecule has 0 unspecified atom stereocenters. The van der Waals surface area contributed by atoms with Crippen LogP contribution in [0.1, 0.15) is 37.6 Å². The van der Waals surface area contributed by atoms with Gasteiger partial charge in [0.2, 0.25) is 0 Å². The summed E-state index contributed by atoms with van der Waals surface area (Å²) in [6, 6.07) is 12.3. The van der Waals surface area contributed by atoms with Crippen LogP contribution < -0.4 is 9.46 Å². The second-order valence-electron chi connectivity index (χ2n) is 9.69. The molecule has 0 saturated heterocycles. The number of hydrogen-bond acceptors (Lipinski definition) is 7. The minimum atomic E-state index is -4.58. The van der Waals surface area contributed by atoms with Crippen LogP contribution in [0.5, 0.6) is 5.75 Å². The molecule has 0 spiro atoms. The summed E-state index contributed by atoms with van der Waals surface area (Å²) in [7, 11) is -3.07. The third-order valence-corrected chi connectivity index (χ3v) is 9.17. The van der Waals surface area contributed by atoms with Crippen molar-refractivity contribution in [3.8, 4) is 11.4 Å². The third-order valence-electron chi connectivity index (χ3n) is 6.59. The summed E-state index contributed by atoms with van der Waals surface area (Å²) in [6.07, 6.45) is 0.349. The van der Waals surface area contributed by atoms with Gasteiger partial charge < -0.3 is 9.47 Å². The van der Waals surface area contributed by atoms with E-state index in [4.69, 9.17) is 16.3 Å². The standard InChI is InChI=1S/C29H27ClF3N3O5S2/c1-5-41-28(37)35-43(38,39)20-13-23(32)21(24(33)14-20)16-42-27-34-15-26(36(27)19-9-7-18(31)8-10-19)29(2,3)17-6-11-22(30)25(12-17)40-4/h6-15H,5,16H2,1-4H3,(H,35,37). The maximum absolute atomic E-state index is 15.1. The first-order valence-electron chi connectivity index (χ1n) is 12.8. The average molecular weight is 654 g/mol. The number of methoxy groups -OCH3 is 1. The number of nitrogens with one attached hydrogen (secondary N) is 1.